The van der Waals surface area contributed by atoms with Crippen molar-refractivity contribution in [2.75, 3.05) is 0 Å². The Labute approximate surface area is 278 Å². The molecule has 0 saturated carbocycles. The second-order valence-corrected chi connectivity index (χ2v) is 15.6. The maximum Gasteiger partial charge on any atom is 0.364 e. The van der Waals surface area contributed by atoms with Gasteiger partial charge in [0.1, 0.15) is 0 Å². The normalized spacial score (nSPS) is 17.0. The summed E-state index contributed by atoms with van der Waals surface area (Å²) >= 11 is 0. The van der Waals surface area contributed by atoms with E-state index in [4.69, 9.17) is 8.83 Å². The number of rotatable bonds is 0. The van der Waals surface area contributed by atoms with Crippen LogP contribution >= 0.6 is 0 Å². The first-order chi connectivity index (χ1) is 23.7. The summed E-state index contributed by atoms with van der Waals surface area (Å²) in [5.74, 6) is 0. The van der Waals surface area contributed by atoms with E-state index in [0.29, 0.717) is 0 Å². The fraction of sp³-hybridized carbons (Fsp3) is 0.261. The van der Waals surface area contributed by atoms with Crippen LogP contribution in [0.1, 0.15) is 66.8 Å². The molecule has 3 aromatic heterocycles. The zero-order valence-corrected chi connectivity index (χ0v) is 27.1. The van der Waals surface area contributed by atoms with Crippen molar-refractivity contribution in [1.82, 2.24) is 0 Å². The average Bonchev–Trinajstić information content (AvgIpc) is 3.13. The summed E-state index contributed by atoms with van der Waals surface area (Å²) in [6.45, 7) is 0. The second kappa shape index (κ2) is 8.60. The Morgan fingerprint density at radius 1 is 0.208 bits per heavy atom. The molecule has 6 aliphatic carbocycles. The second-order valence-electron chi connectivity index (χ2n) is 15.6. The lowest BCUT2D eigenvalue weighted by Gasteiger charge is -2.21. The quantitative estimate of drug-likeness (QED) is 0.158. The molecule has 2 nitrogen and oxygen atoms in total. The van der Waals surface area contributed by atoms with Crippen LogP contribution in [0.25, 0.3) is 65.4 Å². The predicted molar refractivity (Wildman–Crippen MR) is 196 cm³/mol. The molecular formula is C46H34O2+2. The van der Waals surface area contributed by atoms with Crippen molar-refractivity contribution in [2.24, 2.45) is 0 Å². The smallest absolute Gasteiger partial charge is 0.206 e. The minimum Gasteiger partial charge on any atom is -0.206 e. The van der Waals surface area contributed by atoms with Gasteiger partial charge in [0.15, 0.2) is 0 Å². The number of hydrogen-bond acceptors (Lipinski definition) is 0. The van der Waals surface area contributed by atoms with E-state index < -0.39 is 0 Å². The molecule has 0 unspecified atom stereocenters. The highest BCUT2D eigenvalue weighted by molar-refractivity contribution is 6.05. The molecular weight excluding hydrogens is 585 g/mol. The fourth-order valence-corrected chi connectivity index (χ4v) is 10.7. The van der Waals surface area contributed by atoms with E-state index in [1.807, 2.05) is 0 Å². The summed E-state index contributed by atoms with van der Waals surface area (Å²) in [6.07, 6.45) is 13.0. The molecule has 0 radical (unpaired) electrons. The van der Waals surface area contributed by atoms with E-state index in [0.717, 1.165) is 99.4 Å². The lowest BCUT2D eigenvalue weighted by molar-refractivity contribution is 0.635. The van der Waals surface area contributed by atoms with Crippen LogP contribution in [0.3, 0.4) is 0 Å². The van der Waals surface area contributed by atoms with Crippen LogP contribution in [-0.2, 0) is 77.0 Å². The molecule has 0 saturated heterocycles. The standard InChI is InChI=1S/C46H34O2/c1-2-24-14-28-6-10-32-18-34-12-8-30-16-26-4-3-25-15-29-7-11-33-17-31-9-5-27-13-23(1)35-19-39(27)43(31)47-45(33)41(29)21-37(25)38(26)22-42(30)46(34)48-44(32)40(28)20-36(24)35/h13-22H,1-12H2/q+2. The van der Waals surface area contributed by atoms with Crippen molar-refractivity contribution < 1.29 is 8.83 Å². The van der Waals surface area contributed by atoms with Crippen molar-refractivity contribution >= 4 is 65.4 Å². The third-order valence-electron chi connectivity index (χ3n) is 13.1. The molecule has 0 N–H and O–H groups in total. The van der Waals surface area contributed by atoms with Gasteiger partial charge in [-0.3, -0.25) is 0 Å². The van der Waals surface area contributed by atoms with E-state index in [1.165, 1.54) is 110 Å². The van der Waals surface area contributed by atoms with E-state index in [1.54, 1.807) is 0 Å². The highest BCUT2D eigenvalue weighted by atomic mass is 16.3. The lowest BCUT2D eigenvalue weighted by Crippen LogP contribution is -2.09. The van der Waals surface area contributed by atoms with Gasteiger partial charge < -0.3 is 0 Å². The molecule has 3 heterocycles. The Hall–Kier alpha value is -4.82. The summed E-state index contributed by atoms with van der Waals surface area (Å²) in [5, 5.41) is 10.8. The van der Waals surface area contributed by atoms with Crippen molar-refractivity contribution in [1.29, 1.82) is 0 Å². The van der Waals surface area contributed by atoms with E-state index in [-0.39, 0.29) is 0 Å². The molecule has 0 fully saturated rings. The molecule has 48 heavy (non-hydrogen) atoms. The minimum atomic E-state index is 1.06. The van der Waals surface area contributed by atoms with Gasteiger partial charge >= 0.3 is 22.3 Å². The van der Waals surface area contributed by atoms with Gasteiger partial charge in [0, 0.05) is 0 Å². The maximum atomic E-state index is 7.22. The van der Waals surface area contributed by atoms with Crippen LogP contribution in [0.2, 0.25) is 0 Å². The van der Waals surface area contributed by atoms with Crippen molar-refractivity contribution in [2.45, 2.75) is 77.0 Å². The largest absolute Gasteiger partial charge is 0.364 e. The third kappa shape index (κ3) is 3.15. The Balaban J connectivity index is 1.31. The zero-order valence-electron chi connectivity index (χ0n) is 27.1. The van der Waals surface area contributed by atoms with E-state index >= 15 is 0 Å². The SMILES string of the molecule is c1c2c3cc4c1CCc1cc5c([o+]c14)c1cc4c(cc1CC5)CCc1cc5c(cc14)c1[o+]c4c(cc1CC5)CCc1cc(c3cc14)CC2. The topological polar surface area (TPSA) is 22.6 Å². The first-order valence-electron chi connectivity index (χ1n) is 18.3. The summed E-state index contributed by atoms with van der Waals surface area (Å²) in [7, 11) is 0. The van der Waals surface area contributed by atoms with Gasteiger partial charge in [0.25, 0.3) is 0 Å². The Kier molecular flexibility index (Phi) is 4.52. The molecule has 12 bridgehead atoms. The Morgan fingerprint density at radius 2 is 0.396 bits per heavy atom. The number of aryl methyl sites for hydroxylation is 12. The monoisotopic (exact) mass is 618 g/mol. The van der Waals surface area contributed by atoms with Crippen molar-refractivity contribution in [3.05, 3.63) is 127 Å². The Morgan fingerprint density at radius 3 is 0.646 bits per heavy atom. The number of benzene rings is 4. The van der Waals surface area contributed by atoms with Gasteiger partial charge in [-0.25, -0.2) is 8.83 Å². The minimum absolute atomic E-state index is 1.06. The highest BCUT2D eigenvalue weighted by Crippen LogP contribution is 2.44. The molecule has 7 aromatic rings. The van der Waals surface area contributed by atoms with E-state index in [2.05, 4.69) is 60.7 Å². The van der Waals surface area contributed by atoms with Gasteiger partial charge in [0.05, 0.1) is 43.8 Å². The van der Waals surface area contributed by atoms with Gasteiger partial charge in [-0.1, -0.05) is 24.3 Å². The molecule has 0 atom stereocenters. The first kappa shape index (κ1) is 25.2. The van der Waals surface area contributed by atoms with Crippen LogP contribution < -0.4 is 0 Å². The molecule has 228 valence electrons. The zero-order chi connectivity index (χ0) is 30.8. The van der Waals surface area contributed by atoms with Gasteiger partial charge in [-0.05, 0) is 180 Å². The predicted octanol–water partition coefficient (Wildman–Crippen LogP) is 10.6. The highest BCUT2D eigenvalue weighted by Gasteiger charge is 2.32. The first-order valence-corrected chi connectivity index (χ1v) is 18.3. The van der Waals surface area contributed by atoms with Crippen LogP contribution in [0.4, 0.5) is 0 Å². The van der Waals surface area contributed by atoms with Gasteiger partial charge in [-0.2, -0.15) is 0 Å². The molecule has 0 amide bonds. The Bertz CT molecular complexity index is 2210. The van der Waals surface area contributed by atoms with Crippen LogP contribution in [-0.4, -0.2) is 0 Å². The summed E-state index contributed by atoms with van der Waals surface area (Å²) < 4.78 is 14.4. The van der Waals surface area contributed by atoms with Gasteiger partial charge in [0.2, 0.25) is 0 Å². The number of hydrogen-bond donors (Lipinski definition) is 0. The third-order valence-corrected chi connectivity index (χ3v) is 13.1. The molecule has 13 rings (SSSR count). The molecule has 2 heteroatoms. The summed E-state index contributed by atoms with van der Waals surface area (Å²) in [4.78, 5) is 0. The van der Waals surface area contributed by atoms with E-state index in [9.17, 15) is 0 Å². The molecule has 6 aliphatic rings. The molecule has 0 aliphatic heterocycles. The summed E-state index contributed by atoms with van der Waals surface area (Å²) in [5.41, 5.74) is 21.7. The van der Waals surface area contributed by atoms with Crippen molar-refractivity contribution in [3.8, 4) is 0 Å². The maximum absolute atomic E-state index is 7.22. The van der Waals surface area contributed by atoms with Crippen molar-refractivity contribution in [3.63, 3.8) is 0 Å². The average molecular weight is 619 g/mol. The van der Waals surface area contributed by atoms with Gasteiger partial charge in [-0.15, -0.1) is 0 Å². The molecule has 4 aromatic carbocycles. The lowest BCUT2D eigenvalue weighted by atomic mass is 9.81. The molecule has 0 spiro atoms. The fourth-order valence-electron chi connectivity index (χ4n) is 10.7. The van der Waals surface area contributed by atoms with Crippen LogP contribution in [0.15, 0.2) is 69.5 Å². The van der Waals surface area contributed by atoms with Crippen LogP contribution in [0.5, 0.6) is 0 Å². The van der Waals surface area contributed by atoms with Crippen LogP contribution in [0, 0.1) is 0 Å². The summed E-state index contributed by atoms with van der Waals surface area (Å²) in [6, 6.07) is 25.1.